The lowest BCUT2D eigenvalue weighted by atomic mass is 10.2. The van der Waals surface area contributed by atoms with Gasteiger partial charge in [-0.1, -0.05) is 34.5 Å². The minimum atomic E-state index is -3.83. The molecule has 30 heavy (non-hydrogen) atoms. The van der Waals surface area contributed by atoms with Crippen molar-refractivity contribution in [3.8, 4) is 5.75 Å². The van der Waals surface area contributed by atoms with Crippen LogP contribution in [0.15, 0.2) is 41.3 Å². The zero-order valence-electron chi connectivity index (χ0n) is 15.8. The molecule has 2 heterocycles. The Morgan fingerprint density at radius 1 is 1.23 bits per heavy atom. The first-order valence-electron chi connectivity index (χ1n) is 9.02. The molecular weight excluding hydrogens is 469 g/mol. The number of thiazole rings is 1. The van der Waals surface area contributed by atoms with Crippen LogP contribution in [0, 0.1) is 0 Å². The number of hydrogen-bond acceptors (Lipinski definition) is 6. The van der Waals surface area contributed by atoms with Crippen LogP contribution >= 0.6 is 34.5 Å². The van der Waals surface area contributed by atoms with Crippen LogP contribution in [0.5, 0.6) is 5.75 Å². The molecule has 1 aliphatic rings. The van der Waals surface area contributed by atoms with Crippen LogP contribution in [0.4, 0.5) is 5.13 Å². The number of rotatable bonds is 5. The van der Waals surface area contributed by atoms with Crippen LogP contribution in [0.25, 0.3) is 10.2 Å². The summed E-state index contributed by atoms with van der Waals surface area (Å²) in [6, 6.07) is 8.47. The van der Waals surface area contributed by atoms with Crippen molar-refractivity contribution in [2.75, 3.05) is 19.0 Å². The summed E-state index contributed by atoms with van der Waals surface area (Å²) in [5.41, 5.74) is 0.544. The summed E-state index contributed by atoms with van der Waals surface area (Å²) in [5.74, 6) is 0.109. The van der Waals surface area contributed by atoms with Crippen LogP contribution < -0.4 is 10.1 Å². The highest BCUT2D eigenvalue weighted by molar-refractivity contribution is 7.89. The molecule has 0 bridgehead atoms. The lowest BCUT2D eigenvalue weighted by molar-refractivity contribution is -0.119. The molecule has 11 heteroatoms. The molecule has 0 aliphatic carbocycles. The number of methoxy groups -OCH3 is 1. The minimum absolute atomic E-state index is 0.100. The summed E-state index contributed by atoms with van der Waals surface area (Å²) in [6.45, 7) is 0.266. The quantitative estimate of drug-likeness (QED) is 0.578. The highest BCUT2D eigenvalue weighted by Crippen LogP contribution is 2.37. The number of carbonyl (C=O) groups excluding carboxylic acids is 1. The number of fused-ring (bicyclic) bond motifs is 1. The van der Waals surface area contributed by atoms with Gasteiger partial charge in [0.2, 0.25) is 15.9 Å². The Balaban J connectivity index is 1.59. The smallest absolute Gasteiger partial charge is 0.244 e. The van der Waals surface area contributed by atoms with Crippen LogP contribution in [-0.4, -0.2) is 43.3 Å². The lowest BCUT2D eigenvalue weighted by Gasteiger charge is -2.23. The van der Waals surface area contributed by atoms with Gasteiger partial charge in [0.05, 0.1) is 21.7 Å². The number of aromatic nitrogens is 1. The zero-order chi connectivity index (χ0) is 21.5. The van der Waals surface area contributed by atoms with Crippen molar-refractivity contribution < 1.29 is 17.9 Å². The second kappa shape index (κ2) is 8.32. The Kier molecular flexibility index (Phi) is 5.91. The van der Waals surface area contributed by atoms with E-state index in [1.54, 1.807) is 12.1 Å². The third-order valence-corrected chi connectivity index (χ3v) is 8.44. The molecule has 3 aromatic rings. The number of amides is 1. The van der Waals surface area contributed by atoms with Crippen molar-refractivity contribution in [3.63, 3.8) is 0 Å². The molecule has 1 atom stereocenters. The average Bonchev–Trinajstić information content (AvgIpc) is 3.37. The number of carbonyl (C=O) groups is 1. The van der Waals surface area contributed by atoms with Gasteiger partial charge < -0.3 is 10.1 Å². The van der Waals surface area contributed by atoms with E-state index in [4.69, 9.17) is 27.9 Å². The molecule has 4 rings (SSSR count). The largest absolute Gasteiger partial charge is 0.494 e. The molecule has 0 saturated carbocycles. The van der Waals surface area contributed by atoms with Crippen LogP contribution in [0.3, 0.4) is 0 Å². The highest BCUT2D eigenvalue weighted by atomic mass is 35.5. The molecule has 2 aromatic carbocycles. The monoisotopic (exact) mass is 485 g/mol. The normalized spacial score (nSPS) is 17.4. The standard InChI is InChI=1S/C19H17Cl2N3O4S2/c1-28-15-9-8-13(21)17-16(15)22-19(29-17)23-18(25)14-3-2-10-24(14)30(26,27)12-6-4-11(20)5-7-12/h4-9,14H,2-3,10H2,1H3,(H,22,23,25). The minimum Gasteiger partial charge on any atom is -0.494 e. The molecule has 1 amide bonds. The predicted octanol–water partition coefficient (Wildman–Crippen LogP) is 4.40. The Hall–Kier alpha value is -1.91. The summed E-state index contributed by atoms with van der Waals surface area (Å²) >= 11 is 13.3. The molecule has 0 radical (unpaired) electrons. The Labute approximate surface area is 187 Å². The van der Waals surface area contributed by atoms with E-state index in [0.29, 0.717) is 44.0 Å². The number of benzene rings is 2. The second-order valence-electron chi connectivity index (χ2n) is 6.66. The molecule has 158 valence electrons. The first kappa shape index (κ1) is 21.3. The molecule has 1 unspecified atom stereocenters. The number of halogens is 2. The molecule has 1 fully saturated rings. The molecule has 0 spiro atoms. The Bertz CT molecular complexity index is 1210. The molecule has 7 nitrogen and oxygen atoms in total. The van der Waals surface area contributed by atoms with Crippen LogP contribution in [0.1, 0.15) is 12.8 Å². The molecule has 1 saturated heterocycles. The van der Waals surface area contributed by atoms with E-state index < -0.39 is 22.0 Å². The fourth-order valence-corrected chi connectivity index (χ4v) is 6.33. The topological polar surface area (TPSA) is 88.6 Å². The number of anilines is 1. The van der Waals surface area contributed by atoms with Gasteiger partial charge in [0.25, 0.3) is 0 Å². The maximum Gasteiger partial charge on any atom is 0.244 e. The highest BCUT2D eigenvalue weighted by Gasteiger charge is 2.39. The SMILES string of the molecule is COc1ccc(Cl)c2sc(NC(=O)C3CCCN3S(=O)(=O)c3ccc(Cl)cc3)nc12. The van der Waals surface area contributed by atoms with E-state index in [1.165, 1.54) is 47.0 Å². The molecular formula is C19H17Cl2N3O4S2. The second-order valence-corrected chi connectivity index (χ2v) is 10.4. The van der Waals surface area contributed by atoms with Crippen LogP contribution in [-0.2, 0) is 14.8 Å². The van der Waals surface area contributed by atoms with Crippen molar-refractivity contribution in [1.29, 1.82) is 0 Å². The van der Waals surface area contributed by atoms with Gasteiger partial charge >= 0.3 is 0 Å². The van der Waals surface area contributed by atoms with Gasteiger partial charge in [-0.3, -0.25) is 4.79 Å². The molecule has 1 aromatic heterocycles. The average molecular weight is 486 g/mol. The van der Waals surface area contributed by atoms with Crippen LogP contribution in [0.2, 0.25) is 10.0 Å². The summed E-state index contributed by atoms with van der Waals surface area (Å²) in [5, 5.41) is 4.01. The van der Waals surface area contributed by atoms with Crippen molar-refractivity contribution in [2.24, 2.45) is 0 Å². The number of ether oxygens (including phenoxy) is 1. The predicted molar refractivity (Wildman–Crippen MR) is 118 cm³/mol. The van der Waals surface area contributed by atoms with Crippen molar-refractivity contribution in [3.05, 3.63) is 46.4 Å². The summed E-state index contributed by atoms with van der Waals surface area (Å²) in [4.78, 5) is 17.4. The zero-order valence-corrected chi connectivity index (χ0v) is 18.9. The number of hydrogen-bond donors (Lipinski definition) is 1. The first-order chi connectivity index (χ1) is 14.3. The van der Waals surface area contributed by atoms with E-state index in [0.717, 1.165) is 0 Å². The van der Waals surface area contributed by atoms with Crippen molar-refractivity contribution in [1.82, 2.24) is 9.29 Å². The van der Waals surface area contributed by atoms with Gasteiger partial charge in [0.15, 0.2) is 5.13 Å². The summed E-state index contributed by atoms with van der Waals surface area (Å²) < 4.78 is 33.3. The third kappa shape index (κ3) is 3.88. The number of nitrogens with zero attached hydrogens (tertiary/aromatic N) is 2. The first-order valence-corrected chi connectivity index (χ1v) is 12.0. The van der Waals surface area contributed by atoms with Gasteiger partial charge in [-0.2, -0.15) is 4.31 Å². The lowest BCUT2D eigenvalue weighted by Crippen LogP contribution is -2.43. The van der Waals surface area contributed by atoms with Gasteiger partial charge in [0, 0.05) is 11.6 Å². The van der Waals surface area contributed by atoms with E-state index >= 15 is 0 Å². The fourth-order valence-electron chi connectivity index (χ4n) is 3.39. The molecule has 1 aliphatic heterocycles. The van der Waals surface area contributed by atoms with Gasteiger partial charge in [-0.15, -0.1) is 0 Å². The third-order valence-electron chi connectivity index (χ3n) is 4.84. The van der Waals surface area contributed by atoms with E-state index in [1.807, 2.05) is 0 Å². The molecule has 1 N–H and O–H groups in total. The Morgan fingerprint density at radius 2 is 1.97 bits per heavy atom. The van der Waals surface area contributed by atoms with Gasteiger partial charge in [-0.25, -0.2) is 13.4 Å². The van der Waals surface area contributed by atoms with Crippen molar-refractivity contribution in [2.45, 2.75) is 23.8 Å². The maximum atomic E-state index is 13.0. The van der Waals surface area contributed by atoms with Gasteiger partial charge in [0.1, 0.15) is 17.3 Å². The van der Waals surface area contributed by atoms with Crippen molar-refractivity contribution >= 4 is 65.8 Å². The summed E-state index contributed by atoms with van der Waals surface area (Å²) in [6.07, 6.45) is 1.01. The van der Waals surface area contributed by atoms with E-state index in [2.05, 4.69) is 10.3 Å². The van der Waals surface area contributed by atoms with E-state index in [9.17, 15) is 13.2 Å². The summed E-state index contributed by atoms with van der Waals surface area (Å²) in [7, 11) is -2.30. The number of sulfonamides is 1. The van der Waals surface area contributed by atoms with E-state index in [-0.39, 0.29) is 11.4 Å². The van der Waals surface area contributed by atoms with Gasteiger partial charge in [-0.05, 0) is 49.2 Å². The fraction of sp³-hybridized carbons (Fsp3) is 0.263. The maximum absolute atomic E-state index is 13.0. The Morgan fingerprint density at radius 3 is 2.67 bits per heavy atom. The number of nitrogens with one attached hydrogen (secondary N) is 1.